The molecule has 0 bridgehead atoms. The van der Waals surface area contributed by atoms with Crippen LogP contribution < -0.4 is 15.5 Å². The van der Waals surface area contributed by atoms with Gasteiger partial charge in [0.05, 0.1) is 10.8 Å². The summed E-state index contributed by atoms with van der Waals surface area (Å²) in [6.45, 7) is 0.604. The van der Waals surface area contributed by atoms with E-state index in [2.05, 4.69) is 26.6 Å². The SMILES string of the molecule is CN(C)c1nc(NC2CCC(CNC(=O)C(CC(=O)c3ccc(Br)cc3)SCc3ccc(Cl)cc3)CC2)nc2ccccc12. The first-order chi connectivity index (χ1) is 21.2. The molecule has 1 aromatic heterocycles. The van der Waals surface area contributed by atoms with Crippen molar-refractivity contribution < 1.29 is 9.59 Å². The summed E-state index contributed by atoms with van der Waals surface area (Å²) in [5, 5.41) is 7.95. The van der Waals surface area contributed by atoms with Crippen LogP contribution >= 0.6 is 39.3 Å². The third kappa shape index (κ3) is 8.73. The Kier molecular flexibility index (Phi) is 11.2. The lowest BCUT2D eigenvalue weighted by Gasteiger charge is -2.30. The average molecular weight is 695 g/mol. The van der Waals surface area contributed by atoms with Gasteiger partial charge in [0, 0.05) is 59.3 Å². The summed E-state index contributed by atoms with van der Waals surface area (Å²) < 4.78 is 0.911. The number of carbonyl (C=O) groups is 2. The lowest BCUT2D eigenvalue weighted by Crippen LogP contribution is -2.39. The van der Waals surface area contributed by atoms with Crippen LogP contribution in [0.15, 0.2) is 77.3 Å². The van der Waals surface area contributed by atoms with Crippen LogP contribution in [0.4, 0.5) is 11.8 Å². The molecular formula is C34H37BrClN5O2S. The first-order valence-electron chi connectivity index (χ1n) is 14.9. The topological polar surface area (TPSA) is 87.2 Å². The van der Waals surface area contributed by atoms with Gasteiger partial charge in [-0.3, -0.25) is 9.59 Å². The molecule has 1 aliphatic carbocycles. The maximum Gasteiger partial charge on any atom is 0.233 e. The van der Waals surface area contributed by atoms with Crippen molar-refractivity contribution in [3.63, 3.8) is 0 Å². The summed E-state index contributed by atoms with van der Waals surface area (Å²) in [6.07, 6.45) is 4.08. The van der Waals surface area contributed by atoms with E-state index in [0.717, 1.165) is 52.4 Å². The van der Waals surface area contributed by atoms with E-state index in [1.807, 2.05) is 79.7 Å². The van der Waals surface area contributed by atoms with Gasteiger partial charge in [0.2, 0.25) is 11.9 Å². The van der Waals surface area contributed by atoms with E-state index in [4.69, 9.17) is 21.6 Å². The number of carbonyl (C=O) groups excluding carboxylic acids is 2. The molecule has 10 heteroatoms. The molecule has 0 spiro atoms. The summed E-state index contributed by atoms with van der Waals surface area (Å²) in [6, 6.07) is 23.2. The molecule has 7 nitrogen and oxygen atoms in total. The highest BCUT2D eigenvalue weighted by Crippen LogP contribution is 2.29. The highest BCUT2D eigenvalue weighted by Gasteiger charge is 2.26. The standard InChI is InChI=1S/C34H37BrClN5O2S/c1-41(2)32-28-5-3-4-6-29(28)39-34(40-32)38-27-17-9-22(10-18-27)20-37-33(43)31(44-21-23-7-15-26(36)16-8-23)19-30(42)24-11-13-25(35)14-12-24/h3-8,11-16,22,27,31H,9-10,17-21H2,1-2H3,(H,37,43)(H,38,39,40). The molecule has 0 radical (unpaired) electrons. The number of amides is 1. The second kappa shape index (κ2) is 15.2. The van der Waals surface area contributed by atoms with Gasteiger partial charge in [-0.2, -0.15) is 4.98 Å². The number of halogens is 2. The van der Waals surface area contributed by atoms with E-state index >= 15 is 0 Å². The minimum atomic E-state index is -0.490. The van der Waals surface area contributed by atoms with Crippen molar-refractivity contribution in [3.8, 4) is 0 Å². The second-order valence-electron chi connectivity index (χ2n) is 11.4. The van der Waals surface area contributed by atoms with Crippen LogP contribution in [-0.2, 0) is 10.5 Å². The zero-order valence-electron chi connectivity index (χ0n) is 24.9. The van der Waals surface area contributed by atoms with Crippen molar-refractivity contribution in [2.24, 2.45) is 5.92 Å². The van der Waals surface area contributed by atoms with Crippen LogP contribution in [0, 0.1) is 5.92 Å². The molecule has 44 heavy (non-hydrogen) atoms. The predicted molar refractivity (Wildman–Crippen MR) is 186 cm³/mol. The van der Waals surface area contributed by atoms with Crippen LogP contribution in [0.2, 0.25) is 5.02 Å². The number of nitrogens with one attached hydrogen (secondary N) is 2. The summed E-state index contributed by atoms with van der Waals surface area (Å²) in [5.74, 6) is 2.43. The lowest BCUT2D eigenvalue weighted by atomic mass is 9.86. The summed E-state index contributed by atoms with van der Waals surface area (Å²) in [4.78, 5) is 38.1. The molecule has 0 saturated heterocycles. The van der Waals surface area contributed by atoms with Gasteiger partial charge < -0.3 is 15.5 Å². The minimum Gasteiger partial charge on any atom is -0.362 e. The zero-order chi connectivity index (χ0) is 31.1. The largest absolute Gasteiger partial charge is 0.362 e. The van der Waals surface area contributed by atoms with E-state index in [1.54, 1.807) is 12.1 Å². The number of thioether (sulfide) groups is 1. The fourth-order valence-corrected chi connectivity index (χ4v) is 6.92. The van der Waals surface area contributed by atoms with Crippen molar-refractivity contribution in [2.45, 2.75) is 49.1 Å². The number of hydrogen-bond donors (Lipinski definition) is 2. The van der Waals surface area contributed by atoms with E-state index in [-0.39, 0.29) is 24.2 Å². The van der Waals surface area contributed by atoms with Gasteiger partial charge in [-0.05, 0) is 73.6 Å². The fraction of sp³-hybridized carbons (Fsp3) is 0.353. The smallest absolute Gasteiger partial charge is 0.233 e. The van der Waals surface area contributed by atoms with E-state index < -0.39 is 5.25 Å². The molecular weight excluding hydrogens is 658 g/mol. The maximum absolute atomic E-state index is 13.4. The van der Waals surface area contributed by atoms with Gasteiger partial charge in [0.1, 0.15) is 5.82 Å². The van der Waals surface area contributed by atoms with Crippen molar-refractivity contribution >= 4 is 73.7 Å². The van der Waals surface area contributed by atoms with Crippen LogP contribution in [0.25, 0.3) is 10.9 Å². The molecule has 1 saturated carbocycles. The van der Waals surface area contributed by atoms with Gasteiger partial charge in [0.25, 0.3) is 0 Å². The third-order valence-corrected chi connectivity index (χ3v) is 10.0. The number of hydrogen-bond acceptors (Lipinski definition) is 7. The van der Waals surface area contributed by atoms with Gasteiger partial charge in [-0.1, -0.05) is 63.9 Å². The van der Waals surface area contributed by atoms with Gasteiger partial charge in [-0.25, -0.2) is 4.98 Å². The Balaban J connectivity index is 1.15. The Hall–Kier alpha value is -3.14. The normalized spacial score (nSPS) is 17.2. The third-order valence-electron chi connectivity index (χ3n) is 7.95. The molecule has 0 aliphatic heterocycles. The van der Waals surface area contributed by atoms with Crippen LogP contribution in [-0.4, -0.2) is 53.6 Å². The monoisotopic (exact) mass is 693 g/mol. The zero-order valence-corrected chi connectivity index (χ0v) is 28.1. The van der Waals surface area contributed by atoms with Gasteiger partial charge in [-0.15, -0.1) is 11.8 Å². The molecule has 1 aliphatic rings. The minimum absolute atomic E-state index is 0.0406. The number of Topliss-reactive ketones (excluding diaryl/α,β-unsaturated/α-hetero) is 1. The average Bonchev–Trinajstić information content (AvgIpc) is 3.03. The van der Waals surface area contributed by atoms with E-state index in [0.29, 0.717) is 34.7 Å². The summed E-state index contributed by atoms with van der Waals surface area (Å²) in [7, 11) is 3.99. The first kappa shape index (κ1) is 32.3. The molecule has 2 N–H and O–H groups in total. The summed E-state index contributed by atoms with van der Waals surface area (Å²) in [5.41, 5.74) is 2.59. The predicted octanol–water partition coefficient (Wildman–Crippen LogP) is 7.77. The fourth-order valence-electron chi connectivity index (χ4n) is 5.44. The Morgan fingerprint density at radius 1 is 0.977 bits per heavy atom. The highest BCUT2D eigenvalue weighted by atomic mass is 79.9. The Morgan fingerprint density at radius 3 is 2.39 bits per heavy atom. The maximum atomic E-state index is 13.4. The quantitative estimate of drug-likeness (QED) is 0.147. The van der Waals surface area contributed by atoms with Crippen LogP contribution in [0.1, 0.15) is 48.0 Å². The Labute approximate surface area is 276 Å². The Morgan fingerprint density at radius 2 is 1.68 bits per heavy atom. The van der Waals surface area contributed by atoms with E-state index in [1.165, 1.54) is 11.8 Å². The number of rotatable bonds is 12. The molecule has 1 heterocycles. The summed E-state index contributed by atoms with van der Waals surface area (Å²) >= 11 is 11.0. The molecule has 1 unspecified atom stereocenters. The molecule has 3 aromatic carbocycles. The molecule has 4 aromatic rings. The second-order valence-corrected chi connectivity index (χ2v) is 14.0. The Bertz CT molecular complexity index is 1580. The number of benzene rings is 3. The van der Waals surface area contributed by atoms with Crippen LogP contribution in [0.5, 0.6) is 0 Å². The first-order valence-corrected chi connectivity index (χ1v) is 17.1. The molecule has 5 rings (SSSR count). The highest BCUT2D eigenvalue weighted by molar-refractivity contribution is 9.10. The van der Waals surface area contributed by atoms with Gasteiger partial charge >= 0.3 is 0 Å². The number of aromatic nitrogens is 2. The van der Waals surface area contributed by atoms with Crippen molar-refractivity contribution in [2.75, 3.05) is 30.9 Å². The molecule has 1 amide bonds. The number of fused-ring (bicyclic) bond motifs is 1. The molecule has 230 valence electrons. The number of nitrogens with zero attached hydrogens (tertiary/aromatic N) is 3. The molecule has 1 fully saturated rings. The van der Waals surface area contributed by atoms with Gasteiger partial charge in [0.15, 0.2) is 5.78 Å². The number of para-hydroxylation sites is 1. The lowest BCUT2D eigenvalue weighted by molar-refractivity contribution is -0.120. The number of anilines is 2. The van der Waals surface area contributed by atoms with E-state index in [9.17, 15) is 9.59 Å². The van der Waals surface area contributed by atoms with Crippen molar-refractivity contribution in [1.82, 2.24) is 15.3 Å². The van der Waals surface area contributed by atoms with Crippen LogP contribution in [0.3, 0.4) is 0 Å². The molecule has 1 atom stereocenters. The van der Waals surface area contributed by atoms with Crippen molar-refractivity contribution in [3.05, 3.63) is 93.4 Å². The van der Waals surface area contributed by atoms with Crippen molar-refractivity contribution in [1.29, 1.82) is 0 Å². The number of ketones is 1.